The van der Waals surface area contributed by atoms with Crippen LogP contribution in [0.1, 0.15) is 0 Å². The van der Waals surface area contributed by atoms with E-state index in [1.165, 1.54) is 0 Å². The van der Waals surface area contributed by atoms with Crippen molar-refractivity contribution < 1.29 is 9.47 Å². The van der Waals surface area contributed by atoms with E-state index in [1.807, 2.05) is 0 Å². The first-order valence-electron chi connectivity index (χ1n) is 6.25. The average molecular weight is 296 g/mol. The Morgan fingerprint density at radius 3 is 3.05 bits per heavy atom. The van der Waals surface area contributed by atoms with Crippen molar-refractivity contribution in [2.24, 2.45) is 0 Å². The minimum atomic E-state index is -0.0569. The molecule has 0 aliphatic carbocycles. The third kappa shape index (κ3) is 2.74. The predicted octanol–water partition coefficient (Wildman–Crippen LogP) is 0.991. The standard InChI is InChI=1S/C12H14ClN5O2/c13-11-5-8(14)1-2-10(11)12-15-16-17-18(12)6-9-7-19-3-4-20-9/h1-2,5,9H,3-4,6-7,14H2. The third-order valence-electron chi connectivity index (χ3n) is 3.03. The number of rotatable bonds is 3. The van der Waals surface area contributed by atoms with Gasteiger partial charge in [-0.05, 0) is 28.6 Å². The molecule has 0 bridgehead atoms. The number of anilines is 1. The number of ether oxygens (including phenoxy) is 2. The molecule has 1 aliphatic rings. The molecule has 20 heavy (non-hydrogen) atoms. The Morgan fingerprint density at radius 1 is 1.40 bits per heavy atom. The monoisotopic (exact) mass is 295 g/mol. The molecule has 1 aromatic carbocycles. The zero-order valence-corrected chi connectivity index (χ0v) is 11.5. The quantitative estimate of drug-likeness (QED) is 0.850. The molecule has 1 unspecified atom stereocenters. The molecular weight excluding hydrogens is 282 g/mol. The molecule has 1 aliphatic heterocycles. The molecule has 0 spiro atoms. The summed E-state index contributed by atoms with van der Waals surface area (Å²) in [7, 11) is 0. The second kappa shape index (κ2) is 5.74. The van der Waals surface area contributed by atoms with Crippen LogP contribution in [-0.4, -0.2) is 46.1 Å². The molecule has 2 N–H and O–H groups in total. The van der Waals surface area contributed by atoms with Gasteiger partial charge in [0.25, 0.3) is 0 Å². The summed E-state index contributed by atoms with van der Waals surface area (Å²) in [5.74, 6) is 0.587. The summed E-state index contributed by atoms with van der Waals surface area (Å²) < 4.78 is 12.6. The Kier molecular flexibility index (Phi) is 3.81. The van der Waals surface area contributed by atoms with Gasteiger partial charge in [0, 0.05) is 11.3 Å². The molecule has 2 aromatic rings. The number of tetrazole rings is 1. The van der Waals surface area contributed by atoms with Gasteiger partial charge in [-0.3, -0.25) is 0 Å². The zero-order chi connectivity index (χ0) is 13.9. The van der Waals surface area contributed by atoms with Gasteiger partial charge < -0.3 is 15.2 Å². The van der Waals surface area contributed by atoms with Crippen LogP contribution in [0.15, 0.2) is 18.2 Å². The Hall–Kier alpha value is -1.70. The van der Waals surface area contributed by atoms with Gasteiger partial charge in [0.15, 0.2) is 5.82 Å². The van der Waals surface area contributed by atoms with Crippen LogP contribution in [0.5, 0.6) is 0 Å². The molecule has 106 valence electrons. The van der Waals surface area contributed by atoms with Crippen molar-refractivity contribution in [3.05, 3.63) is 23.2 Å². The van der Waals surface area contributed by atoms with E-state index in [9.17, 15) is 0 Å². The van der Waals surface area contributed by atoms with Crippen LogP contribution in [0.3, 0.4) is 0 Å². The smallest absolute Gasteiger partial charge is 0.183 e. The largest absolute Gasteiger partial charge is 0.399 e. The summed E-state index contributed by atoms with van der Waals surface area (Å²) in [6, 6.07) is 5.24. The minimum absolute atomic E-state index is 0.0569. The van der Waals surface area contributed by atoms with E-state index in [1.54, 1.807) is 22.9 Å². The Balaban J connectivity index is 1.85. The van der Waals surface area contributed by atoms with E-state index in [0.717, 1.165) is 5.56 Å². The van der Waals surface area contributed by atoms with Crippen molar-refractivity contribution in [1.29, 1.82) is 0 Å². The lowest BCUT2D eigenvalue weighted by Gasteiger charge is -2.22. The molecule has 1 atom stereocenters. The van der Waals surface area contributed by atoms with Crippen LogP contribution in [0.2, 0.25) is 5.02 Å². The van der Waals surface area contributed by atoms with Crippen molar-refractivity contribution in [3.8, 4) is 11.4 Å². The maximum atomic E-state index is 6.19. The fourth-order valence-electron chi connectivity index (χ4n) is 2.07. The first-order valence-corrected chi connectivity index (χ1v) is 6.63. The van der Waals surface area contributed by atoms with Crippen LogP contribution < -0.4 is 5.73 Å². The average Bonchev–Trinajstić information content (AvgIpc) is 2.88. The van der Waals surface area contributed by atoms with Crippen LogP contribution in [0, 0.1) is 0 Å². The van der Waals surface area contributed by atoms with Crippen LogP contribution in [0.25, 0.3) is 11.4 Å². The minimum Gasteiger partial charge on any atom is -0.399 e. The van der Waals surface area contributed by atoms with E-state index >= 15 is 0 Å². The lowest BCUT2D eigenvalue weighted by molar-refractivity contribution is -0.0946. The van der Waals surface area contributed by atoms with Crippen molar-refractivity contribution in [1.82, 2.24) is 20.2 Å². The first kappa shape index (κ1) is 13.3. The topological polar surface area (TPSA) is 88.1 Å². The lowest BCUT2D eigenvalue weighted by atomic mass is 10.2. The summed E-state index contributed by atoms with van der Waals surface area (Å²) in [5.41, 5.74) is 7.03. The van der Waals surface area contributed by atoms with Gasteiger partial charge in [0.2, 0.25) is 0 Å². The van der Waals surface area contributed by atoms with Gasteiger partial charge in [0.1, 0.15) is 6.10 Å². The fraction of sp³-hybridized carbons (Fsp3) is 0.417. The SMILES string of the molecule is Nc1ccc(-c2nnnn2CC2COCCO2)c(Cl)c1. The molecule has 0 amide bonds. The molecule has 0 saturated carbocycles. The number of nitrogens with zero attached hydrogens (tertiary/aromatic N) is 4. The molecule has 1 fully saturated rings. The number of aromatic nitrogens is 4. The maximum Gasteiger partial charge on any atom is 0.183 e. The highest BCUT2D eigenvalue weighted by atomic mass is 35.5. The summed E-state index contributed by atoms with van der Waals surface area (Å²) in [6.07, 6.45) is -0.0569. The zero-order valence-electron chi connectivity index (χ0n) is 10.7. The summed E-state index contributed by atoms with van der Waals surface area (Å²) in [4.78, 5) is 0. The van der Waals surface area contributed by atoms with Gasteiger partial charge in [-0.15, -0.1) is 5.10 Å². The highest BCUT2D eigenvalue weighted by molar-refractivity contribution is 6.33. The molecule has 0 radical (unpaired) electrons. The molecule has 8 heteroatoms. The highest BCUT2D eigenvalue weighted by Crippen LogP contribution is 2.27. The molecule has 3 rings (SSSR count). The van der Waals surface area contributed by atoms with Gasteiger partial charge in [-0.2, -0.15) is 0 Å². The van der Waals surface area contributed by atoms with E-state index in [0.29, 0.717) is 42.9 Å². The van der Waals surface area contributed by atoms with Gasteiger partial charge in [0.05, 0.1) is 31.4 Å². The van der Waals surface area contributed by atoms with E-state index in [4.69, 9.17) is 26.8 Å². The number of benzene rings is 1. The fourth-order valence-corrected chi connectivity index (χ4v) is 2.34. The Labute approximate surface area is 120 Å². The Morgan fingerprint density at radius 2 is 2.30 bits per heavy atom. The van der Waals surface area contributed by atoms with E-state index < -0.39 is 0 Å². The van der Waals surface area contributed by atoms with Crippen LogP contribution in [-0.2, 0) is 16.0 Å². The van der Waals surface area contributed by atoms with Crippen LogP contribution >= 0.6 is 11.6 Å². The summed E-state index contributed by atoms with van der Waals surface area (Å²) in [6.45, 7) is 2.27. The number of hydrogen-bond donors (Lipinski definition) is 1. The third-order valence-corrected chi connectivity index (χ3v) is 3.34. The number of nitrogens with two attached hydrogens (primary N) is 1. The summed E-state index contributed by atoms with van der Waals surface area (Å²) in [5, 5.41) is 12.2. The van der Waals surface area contributed by atoms with Gasteiger partial charge >= 0.3 is 0 Å². The molecular formula is C12H14ClN5O2. The van der Waals surface area contributed by atoms with E-state index in [2.05, 4.69) is 15.5 Å². The van der Waals surface area contributed by atoms with E-state index in [-0.39, 0.29) is 6.10 Å². The van der Waals surface area contributed by atoms with Crippen molar-refractivity contribution in [2.75, 3.05) is 25.6 Å². The van der Waals surface area contributed by atoms with Gasteiger partial charge in [-0.25, -0.2) is 4.68 Å². The maximum absolute atomic E-state index is 6.19. The second-order valence-electron chi connectivity index (χ2n) is 4.49. The molecule has 7 nitrogen and oxygen atoms in total. The van der Waals surface area contributed by atoms with Crippen LogP contribution in [0.4, 0.5) is 5.69 Å². The van der Waals surface area contributed by atoms with Crippen molar-refractivity contribution in [3.63, 3.8) is 0 Å². The number of nitrogen functional groups attached to an aromatic ring is 1. The lowest BCUT2D eigenvalue weighted by Crippen LogP contribution is -2.32. The van der Waals surface area contributed by atoms with Gasteiger partial charge in [-0.1, -0.05) is 11.6 Å². The summed E-state index contributed by atoms with van der Waals surface area (Å²) >= 11 is 6.19. The van der Waals surface area contributed by atoms with Crippen molar-refractivity contribution >= 4 is 17.3 Å². The number of halogens is 1. The first-order chi connectivity index (χ1) is 9.74. The van der Waals surface area contributed by atoms with Crippen molar-refractivity contribution in [2.45, 2.75) is 12.6 Å². The predicted molar refractivity (Wildman–Crippen MR) is 73.2 cm³/mol. The molecule has 1 saturated heterocycles. The normalized spacial score (nSPS) is 19.1. The second-order valence-corrected chi connectivity index (χ2v) is 4.90. The number of hydrogen-bond acceptors (Lipinski definition) is 6. The molecule has 2 heterocycles. The highest BCUT2D eigenvalue weighted by Gasteiger charge is 2.19. The molecule has 1 aromatic heterocycles. The Bertz CT molecular complexity index is 597.